The Hall–Kier alpha value is -2.49. The van der Waals surface area contributed by atoms with Crippen LogP contribution in [0.4, 0.5) is 5.69 Å². The molecule has 0 saturated carbocycles. The molecule has 0 aliphatic carbocycles. The van der Waals surface area contributed by atoms with Gasteiger partial charge >= 0.3 is 0 Å². The lowest BCUT2D eigenvalue weighted by molar-refractivity contribution is 0.102. The molecule has 3 N–H and O–H groups in total. The Morgan fingerprint density at radius 1 is 1.10 bits per heavy atom. The number of carbonyl (C=O) groups is 1. The molecule has 0 saturated heterocycles. The molecule has 4 nitrogen and oxygen atoms in total. The van der Waals surface area contributed by atoms with Crippen molar-refractivity contribution in [2.45, 2.75) is 20.3 Å². The Morgan fingerprint density at radius 2 is 1.70 bits per heavy atom. The molecule has 0 heterocycles. The molecular formula is C16H17NO3. The molecule has 0 spiro atoms. The average molecular weight is 271 g/mol. The number of anilines is 1. The fraction of sp³-hybridized carbons (Fsp3) is 0.188. The summed E-state index contributed by atoms with van der Waals surface area (Å²) in [6, 6.07) is 9.99. The van der Waals surface area contributed by atoms with Crippen LogP contribution in [0.5, 0.6) is 11.5 Å². The molecule has 1 amide bonds. The zero-order valence-corrected chi connectivity index (χ0v) is 11.5. The molecule has 0 aliphatic rings. The van der Waals surface area contributed by atoms with Crippen LogP contribution in [-0.2, 0) is 6.42 Å². The number of hydrogen-bond donors (Lipinski definition) is 3. The Morgan fingerprint density at radius 3 is 2.30 bits per heavy atom. The Kier molecular flexibility index (Phi) is 3.94. The number of para-hydroxylation sites is 1. The Balaban J connectivity index is 2.38. The minimum atomic E-state index is -0.524. The van der Waals surface area contributed by atoms with Crippen molar-refractivity contribution in [2.75, 3.05) is 5.32 Å². The molecule has 0 radical (unpaired) electrons. The minimum absolute atomic E-state index is 0.113. The molecule has 0 aliphatic heterocycles. The summed E-state index contributed by atoms with van der Waals surface area (Å²) in [6.07, 6.45) is 0.782. The molecule has 0 aromatic heterocycles. The fourth-order valence-electron chi connectivity index (χ4n) is 2.14. The van der Waals surface area contributed by atoms with E-state index in [-0.39, 0.29) is 17.1 Å². The summed E-state index contributed by atoms with van der Waals surface area (Å²) < 4.78 is 0. The van der Waals surface area contributed by atoms with Crippen molar-refractivity contribution in [3.05, 3.63) is 53.1 Å². The maximum absolute atomic E-state index is 12.2. The van der Waals surface area contributed by atoms with Crippen LogP contribution in [0, 0.1) is 6.92 Å². The van der Waals surface area contributed by atoms with E-state index in [1.54, 1.807) is 0 Å². The summed E-state index contributed by atoms with van der Waals surface area (Å²) in [6.45, 7) is 3.90. The smallest absolute Gasteiger partial charge is 0.263 e. The number of nitrogens with one attached hydrogen (secondary N) is 1. The lowest BCUT2D eigenvalue weighted by atomic mass is 10.0. The first-order chi connectivity index (χ1) is 9.54. The van der Waals surface area contributed by atoms with Crippen LogP contribution in [0.2, 0.25) is 0 Å². The van der Waals surface area contributed by atoms with E-state index in [1.165, 1.54) is 18.2 Å². The number of carbonyl (C=O) groups excluding carboxylic acids is 1. The number of amides is 1. The van der Waals surface area contributed by atoms with Gasteiger partial charge in [-0.3, -0.25) is 4.79 Å². The van der Waals surface area contributed by atoms with Gasteiger partial charge in [0.15, 0.2) is 0 Å². The number of hydrogen-bond acceptors (Lipinski definition) is 3. The molecule has 20 heavy (non-hydrogen) atoms. The van der Waals surface area contributed by atoms with Gasteiger partial charge in [0.2, 0.25) is 0 Å². The third-order valence-corrected chi connectivity index (χ3v) is 3.23. The van der Waals surface area contributed by atoms with Gasteiger partial charge in [-0.2, -0.15) is 0 Å². The van der Waals surface area contributed by atoms with Gasteiger partial charge in [-0.25, -0.2) is 0 Å². The lowest BCUT2D eigenvalue weighted by Gasteiger charge is -2.14. The van der Waals surface area contributed by atoms with Crippen LogP contribution < -0.4 is 5.32 Å². The van der Waals surface area contributed by atoms with E-state index >= 15 is 0 Å². The maximum Gasteiger partial charge on any atom is 0.263 e. The van der Waals surface area contributed by atoms with Crippen molar-refractivity contribution in [3.63, 3.8) is 0 Å². The van der Waals surface area contributed by atoms with Gasteiger partial charge in [0, 0.05) is 5.69 Å². The van der Waals surface area contributed by atoms with Crippen LogP contribution in [0.3, 0.4) is 0 Å². The van der Waals surface area contributed by atoms with Gasteiger partial charge in [0.25, 0.3) is 5.91 Å². The molecule has 2 aromatic rings. The average Bonchev–Trinajstić information content (AvgIpc) is 2.41. The topological polar surface area (TPSA) is 69.6 Å². The zero-order valence-electron chi connectivity index (χ0n) is 11.5. The van der Waals surface area contributed by atoms with E-state index in [4.69, 9.17) is 0 Å². The van der Waals surface area contributed by atoms with E-state index in [0.29, 0.717) is 0 Å². The van der Waals surface area contributed by atoms with Gasteiger partial charge < -0.3 is 15.5 Å². The van der Waals surface area contributed by atoms with E-state index in [1.807, 2.05) is 32.0 Å². The first-order valence-corrected chi connectivity index (χ1v) is 6.45. The highest BCUT2D eigenvalue weighted by atomic mass is 16.3. The van der Waals surface area contributed by atoms with Crippen LogP contribution in [0.1, 0.15) is 28.4 Å². The van der Waals surface area contributed by atoms with Crippen molar-refractivity contribution in [1.82, 2.24) is 0 Å². The van der Waals surface area contributed by atoms with Crippen molar-refractivity contribution >= 4 is 11.6 Å². The van der Waals surface area contributed by atoms with Crippen LogP contribution in [0.25, 0.3) is 0 Å². The second-order valence-electron chi connectivity index (χ2n) is 4.59. The maximum atomic E-state index is 12.2. The van der Waals surface area contributed by atoms with Crippen molar-refractivity contribution in [2.24, 2.45) is 0 Å². The fourth-order valence-corrected chi connectivity index (χ4v) is 2.14. The predicted octanol–water partition coefficient (Wildman–Crippen LogP) is 3.22. The van der Waals surface area contributed by atoms with Gasteiger partial charge in [0.1, 0.15) is 17.1 Å². The monoisotopic (exact) mass is 271 g/mol. The molecule has 104 valence electrons. The summed E-state index contributed by atoms with van der Waals surface area (Å²) in [5, 5.41) is 22.2. The summed E-state index contributed by atoms with van der Waals surface area (Å²) in [5.74, 6) is -1.01. The molecule has 2 rings (SSSR count). The predicted molar refractivity (Wildman–Crippen MR) is 78.3 cm³/mol. The Labute approximate surface area is 117 Å². The first-order valence-electron chi connectivity index (χ1n) is 6.45. The van der Waals surface area contributed by atoms with Crippen molar-refractivity contribution < 1.29 is 15.0 Å². The molecule has 4 heteroatoms. The van der Waals surface area contributed by atoms with Gasteiger partial charge in [-0.05, 0) is 36.6 Å². The van der Waals surface area contributed by atoms with Crippen LogP contribution in [-0.4, -0.2) is 16.1 Å². The second-order valence-corrected chi connectivity index (χ2v) is 4.59. The SMILES string of the molecule is CCc1cccc(C)c1NC(=O)c1c(O)cccc1O. The normalized spacial score (nSPS) is 10.3. The van der Waals surface area contributed by atoms with Crippen molar-refractivity contribution in [1.29, 1.82) is 0 Å². The number of benzene rings is 2. The summed E-state index contributed by atoms with van der Waals surface area (Å²) in [4.78, 5) is 12.2. The number of rotatable bonds is 3. The summed E-state index contributed by atoms with van der Waals surface area (Å²) in [5.41, 5.74) is 2.56. The van der Waals surface area contributed by atoms with Gasteiger partial charge in [0.05, 0.1) is 0 Å². The van der Waals surface area contributed by atoms with E-state index in [0.717, 1.165) is 23.2 Å². The lowest BCUT2D eigenvalue weighted by Crippen LogP contribution is -2.14. The highest BCUT2D eigenvalue weighted by Gasteiger charge is 2.17. The molecule has 0 bridgehead atoms. The number of aryl methyl sites for hydroxylation is 2. The van der Waals surface area contributed by atoms with Gasteiger partial charge in [-0.15, -0.1) is 0 Å². The number of aromatic hydroxyl groups is 2. The van der Waals surface area contributed by atoms with E-state index in [2.05, 4.69) is 5.32 Å². The molecule has 0 unspecified atom stereocenters. The van der Waals surface area contributed by atoms with E-state index in [9.17, 15) is 15.0 Å². The number of phenolic OH excluding ortho intramolecular Hbond substituents is 2. The second kappa shape index (κ2) is 5.65. The molecular weight excluding hydrogens is 254 g/mol. The third kappa shape index (κ3) is 2.59. The minimum Gasteiger partial charge on any atom is -0.507 e. The molecule has 0 atom stereocenters. The standard InChI is InChI=1S/C16H17NO3/c1-3-11-7-4-6-10(2)15(11)17-16(20)14-12(18)8-5-9-13(14)19/h4-9,18-19H,3H2,1-2H3,(H,17,20). The highest BCUT2D eigenvalue weighted by molar-refractivity contribution is 6.08. The highest BCUT2D eigenvalue weighted by Crippen LogP contribution is 2.28. The summed E-state index contributed by atoms with van der Waals surface area (Å²) in [7, 11) is 0. The third-order valence-electron chi connectivity index (χ3n) is 3.23. The first kappa shape index (κ1) is 13.9. The molecule has 0 fully saturated rings. The van der Waals surface area contributed by atoms with Crippen LogP contribution >= 0.6 is 0 Å². The van der Waals surface area contributed by atoms with E-state index < -0.39 is 5.91 Å². The number of phenols is 2. The van der Waals surface area contributed by atoms with Gasteiger partial charge in [-0.1, -0.05) is 31.2 Å². The summed E-state index contributed by atoms with van der Waals surface area (Å²) >= 11 is 0. The Bertz CT molecular complexity index is 630. The quantitative estimate of drug-likeness (QED) is 0.802. The van der Waals surface area contributed by atoms with Crippen molar-refractivity contribution in [3.8, 4) is 11.5 Å². The molecule has 2 aromatic carbocycles. The van der Waals surface area contributed by atoms with Crippen LogP contribution in [0.15, 0.2) is 36.4 Å². The largest absolute Gasteiger partial charge is 0.507 e. The zero-order chi connectivity index (χ0) is 14.7.